The molecule has 190 valence electrons. The van der Waals surface area contributed by atoms with Gasteiger partial charge in [-0.2, -0.15) is 4.37 Å². The number of carbonyl (C=O) groups is 3. The van der Waals surface area contributed by atoms with Crippen LogP contribution in [0.2, 0.25) is 0 Å². The Bertz CT molecular complexity index is 1290. The fourth-order valence-corrected chi connectivity index (χ4v) is 4.38. The topological polar surface area (TPSA) is 141 Å². The minimum absolute atomic E-state index is 0.0177. The highest BCUT2D eigenvalue weighted by atomic mass is 32.1. The van der Waals surface area contributed by atoms with Crippen molar-refractivity contribution in [2.24, 2.45) is 5.73 Å². The molecule has 0 spiro atoms. The minimum atomic E-state index is -1.07. The number of hydrogen-bond donors (Lipinski definition) is 3. The van der Waals surface area contributed by atoms with E-state index in [1.165, 1.54) is 4.90 Å². The molecule has 3 amide bonds. The van der Waals surface area contributed by atoms with E-state index < -0.39 is 29.3 Å². The van der Waals surface area contributed by atoms with Gasteiger partial charge in [0.05, 0.1) is 12.8 Å². The molecule has 0 aliphatic carbocycles. The summed E-state index contributed by atoms with van der Waals surface area (Å²) < 4.78 is 9.25. The van der Waals surface area contributed by atoms with Crippen molar-refractivity contribution in [3.05, 3.63) is 69.7 Å². The van der Waals surface area contributed by atoms with Gasteiger partial charge in [0.1, 0.15) is 16.7 Å². The Hall–Kier alpha value is -3.92. The van der Waals surface area contributed by atoms with Crippen LogP contribution in [0.15, 0.2) is 42.5 Å². The summed E-state index contributed by atoms with van der Waals surface area (Å²) in [6, 6.07) is 11.3. The van der Waals surface area contributed by atoms with Crippen LogP contribution in [0.3, 0.4) is 0 Å². The molecule has 0 saturated heterocycles. The molecule has 9 nitrogen and oxygen atoms in total. The number of aromatic nitrogens is 1. The second-order valence-electron chi connectivity index (χ2n) is 9.50. The van der Waals surface area contributed by atoms with E-state index in [1.807, 2.05) is 46.8 Å². The first kappa shape index (κ1) is 26.7. The lowest BCUT2D eigenvalue weighted by Crippen LogP contribution is -2.49. The zero-order chi connectivity index (χ0) is 26.8. The number of anilines is 2. The predicted molar refractivity (Wildman–Crippen MR) is 141 cm³/mol. The van der Waals surface area contributed by atoms with Crippen LogP contribution in [0.25, 0.3) is 0 Å². The lowest BCUT2D eigenvalue weighted by Gasteiger charge is -2.34. The van der Waals surface area contributed by atoms with Crippen LogP contribution in [-0.4, -0.2) is 34.7 Å². The Balaban J connectivity index is 2.26. The van der Waals surface area contributed by atoms with Gasteiger partial charge >= 0.3 is 0 Å². The number of nitrogens with two attached hydrogens (primary N) is 2. The van der Waals surface area contributed by atoms with Crippen molar-refractivity contribution in [2.75, 3.05) is 17.7 Å². The third kappa shape index (κ3) is 5.65. The van der Waals surface area contributed by atoms with Crippen LogP contribution >= 0.6 is 11.5 Å². The van der Waals surface area contributed by atoms with Gasteiger partial charge in [0, 0.05) is 11.2 Å². The fraction of sp³-hybridized carbons (Fsp3) is 0.308. The standard InChI is InChI=1S/C26H31N5O4S/c1-14-7-10-17(13-15(14)2)31(25(34)22-19(27)20(23(28)32)30-36-22)21(24(33)29-26(3,4)5)16-8-11-18(35-6)12-9-16/h7-13,21H,27H2,1-6H3,(H2,28,32)(H,29,33)/t21-/m0/s1. The lowest BCUT2D eigenvalue weighted by molar-refractivity contribution is -0.123. The number of primary amides is 1. The predicted octanol–water partition coefficient (Wildman–Crippen LogP) is 3.75. The average molecular weight is 510 g/mol. The number of nitrogen functional groups attached to an aromatic ring is 1. The van der Waals surface area contributed by atoms with Crippen molar-refractivity contribution >= 4 is 40.6 Å². The molecule has 0 fully saturated rings. The van der Waals surface area contributed by atoms with Gasteiger partial charge in [0.2, 0.25) is 5.91 Å². The van der Waals surface area contributed by atoms with Gasteiger partial charge in [-0.15, -0.1) is 0 Å². The number of nitrogens with one attached hydrogen (secondary N) is 1. The second kappa shape index (κ2) is 10.4. The van der Waals surface area contributed by atoms with Gasteiger partial charge in [-0.05, 0) is 87.1 Å². The van der Waals surface area contributed by atoms with E-state index in [-0.39, 0.29) is 16.3 Å². The highest BCUT2D eigenvalue weighted by Gasteiger charge is 2.37. The third-order valence-corrected chi connectivity index (χ3v) is 6.43. The van der Waals surface area contributed by atoms with Gasteiger partial charge in [0.15, 0.2) is 5.69 Å². The molecule has 0 bridgehead atoms. The normalized spacial score (nSPS) is 12.1. The molecule has 0 radical (unpaired) electrons. The van der Waals surface area contributed by atoms with Crippen LogP contribution in [0.5, 0.6) is 5.75 Å². The van der Waals surface area contributed by atoms with Crippen molar-refractivity contribution in [3.63, 3.8) is 0 Å². The zero-order valence-electron chi connectivity index (χ0n) is 21.2. The summed E-state index contributed by atoms with van der Waals surface area (Å²) in [5, 5.41) is 2.99. The van der Waals surface area contributed by atoms with Crippen LogP contribution in [0.4, 0.5) is 11.4 Å². The second-order valence-corrected chi connectivity index (χ2v) is 10.3. The van der Waals surface area contributed by atoms with E-state index >= 15 is 0 Å². The maximum atomic E-state index is 14.1. The van der Waals surface area contributed by atoms with Crippen molar-refractivity contribution in [2.45, 2.75) is 46.2 Å². The summed E-state index contributed by atoms with van der Waals surface area (Å²) >= 11 is 0.768. The largest absolute Gasteiger partial charge is 0.497 e. The molecule has 2 aromatic carbocycles. The first-order chi connectivity index (χ1) is 16.8. The quantitative estimate of drug-likeness (QED) is 0.443. The third-order valence-electron chi connectivity index (χ3n) is 5.58. The Morgan fingerprint density at radius 1 is 1.06 bits per heavy atom. The summed E-state index contributed by atoms with van der Waals surface area (Å²) in [7, 11) is 1.55. The number of carbonyl (C=O) groups excluding carboxylic acids is 3. The number of nitrogens with zero attached hydrogens (tertiary/aromatic N) is 2. The van der Waals surface area contributed by atoms with E-state index in [1.54, 1.807) is 37.4 Å². The maximum Gasteiger partial charge on any atom is 0.273 e. The van der Waals surface area contributed by atoms with Crippen LogP contribution < -0.4 is 26.4 Å². The number of ether oxygens (including phenoxy) is 1. The summed E-state index contributed by atoms with van der Waals surface area (Å²) in [5.74, 6) is -1.20. The Labute approximate surface area is 214 Å². The van der Waals surface area contributed by atoms with Gasteiger partial charge in [0.25, 0.3) is 11.8 Å². The monoisotopic (exact) mass is 509 g/mol. The number of hydrogen-bond acceptors (Lipinski definition) is 7. The van der Waals surface area contributed by atoms with Crippen molar-refractivity contribution in [1.82, 2.24) is 9.69 Å². The van der Waals surface area contributed by atoms with Gasteiger partial charge in [-0.3, -0.25) is 19.3 Å². The molecule has 1 aromatic heterocycles. The smallest absolute Gasteiger partial charge is 0.273 e. The molecule has 5 N–H and O–H groups in total. The van der Waals surface area contributed by atoms with Crippen LogP contribution in [0.1, 0.15) is 63.7 Å². The summed E-state index contributed by atoms with van der Waals surface area (Å²) in [6.07, 6.45) is 0. The molecule has 1 atom stereocenters. The SMILES string of the molecule is COc1ccc([C@@H](C(=O)NC(C)(C)C)N(C(=O)c2snc(C(N)=O)c2N)c2ccc(C)c(C)c2)cc1. The summed E-state index contributed by atoms with van der Waals surface area (Å²) in [4.78, 5) is 41.0. The molecule has 0 unspecified atom stereocenters. The highest BCUT2D eigenvalue weighted by Crippen LogP contribution is 2.34. The van der Waals surface area contributed by atoms with Crippen molar-refractivity contribution in [1.29, 1.82) is 0 Å². The molecule has 0 aliphatic heterocycles. The van der Waals surface area contributed by atoms with E-state index in [0.717, 1.165) is 22.7 Å². The molecule has 36 heavy (non-hydrogen) atoms. The highest BCUT2D eigenvalue weighted by molar-refractivity contribution is 7.09. The molecule has 0 aliphatic rings. The molecule has 3 rings (SSSR count). The van der Waals surface area contributed by atoms with Crippen LogP contribution in [-0.2, 0) is 4.79 Å². The molecule has 0 saturated carbocycles. The van der Waals surface area contributed by atoms with E-state index in [4.69, 9.17) is 16.2 Å². The molecule has 3 aromatic rings. The fourth-order valence-electron chi connectivity index (χ4n) is 3.64. The minimum Gasteiger partial charge on any atom is -0.497 e. The summed E-state index contributed by atoms with van der Waals surface area (Å²) in [5.41, 5.74) is 13.6. The molecule has 10 heteroatoms. The number of amides is 3. The van der Waals surface area contributed by atoms with Gasteiger partial charge in [-0.1, -0.05) is 18.2 Å². The first-order valence-corrected chi connectivity index (χ1v) is 12.0. The van der Waals surface area contributed by atoms with Crippen molar-refractivity contribution in [3.8, 4) is 5.75 Å². The Morgan fingerprint density at radius 3 is 2.19 bits per heavy atom. The number of rotatable bonds is 7. The Morgan fingerprint density at radius 2 is 1.69 bits per heavy atom. The van der Waals surface area contributed by atoms with Gasteiger partial charge < -0.3 is 21.5 Å². The first-order valence-electron chi connectivity index (χ1n) is 11.3. The summed E-state index contributed by atoms with van der Waals surface area (Å²) in [6.45, 7) is 9.46. The molecule has 1 heterocycles. The average Bonchev–Trinajstić information content (AvgIpc) is 3.19. The van der Waals surface area contributed by atoms with Crippen LogP contribution in [0, 0.1) is 13.8 Å². The number of methoxy groups -OCH3 is 1. The van der Waals surface area contributed by atoms with Gasteiger partial charge in [-0.25, -0.2) is 0 Å². The molecular formula is C26H31N5O4S. The van der Waals surface area contributed by atoms with Crippen molar-refractivity contribution < 1.29 is 19.1 Å². The van der Waals surface area contributed by atoms with E-state index in [9.17, 15) is 14.4 Å². The zero-order valence-corrected chi connectivity index (χ0v) is 22.0. The maximum absolute atomic E-state index is 14.1. The number of aryl methyl sites for hydroxylation is 2. The number of benzene rings is 2. The van der Waals surface area contributed by atoms with E-state index in [0.29, 0.717) is 17.0 Å². The molecular weight excluding hydrogens is 478 g/mol. The van der Waals surface area contributed by atoms with E-state index in [2.05, 4.69) is 9.69 Å². The Kier molecular flexibility index (Phi) is 7.68. The lowest BCUT2D eigenvalue weighted by atomic mass is 9.99.